The van der Waals surface area contributed by atoms with Gasteiger partial charge in [0.25, 0.3) is 5.91 Å². The molecule has 2 fully saturated rings. The molecule has 2 aromatic heterocycles. The van der Waals surface area contributed by atoms with Crippen LogP contribution >= 0.6 is 11.3 Å². The Morgan fingerprint density at radius 2 is 1.96 bits per heavy atom. The molecule has 2 aromatic rings. The summed E-state index contributed by atoms with van der Waals surface area (Å²) in [5.74, 6) is -0.0870. The normalized spacial score (nSPS) is 21.0. The van der Waals surface area contributed by atoms with Crippen molar-refractivity contribution in [1.29, 1.82) is 0 Å². The Bertz CT molecular complexity index is 797. The van der Waals surface area contributed by atoms with Crippen LogP contribution in [0.25, 0.3) is 0 Å². The van der Waals surface area contributed by atoms with Crippen molar-refractivity contribution in [1.82, 2.24) is 24.8 Å². The maximum Gasteiger partial charge on any atom is 0.276 e. The van der Waals surface area contributed by atoms with Gasteiger partial charge in [0.1, 0.15) is 0 Å². The molecule has 1 atom stereocenters. The van der Waals surface area contributed by atoms with E-state index in [1.54, 1.807) is 15.8 Å². The highest BCUT2D eigenvalue weighted by Crippen LogP contribution is 2.24. The summed E-state index contributed by atoms with van der Waals surface area (Å²) in [7, 11) is 0. The molecule has 0 N–H and O–H groups in total. The monoisotopic (exact) mass is 401 g/mol. The first-order valence-electron chi connectivity index (χ1n) is 10.2. The molecule has 7 nitrogen and oxygen atoms in total. The molecule has 0 bridgehead atoms. The van der Waals surface area contributed by atoms with Crippen LogP contribution in [0.15, 0.2) is 23.7 Å². The molecule has 0 aromatic carbocycles. The highest BCUT2D eigenvalue weighted by Gasteiger charge is 2.30. The summed E-state index contributed by atoms with van der Waals surface area (Å²) in [6.45, 7) is 5.13. The predicted molar refractivity (Wildman–Crippen MR) is 108 cm³/mol. The molecule has 0 saturated carbocycles. The zero-order valence-corrected chi connectivity index (χ0v) is 16.9. The molecule has 0 radical (unpaired) electrons. The van der Waals surface area contributed by atoms with Gasteiger partial charge in [-0.05, 0) is 50.2 Å². The number of ketones is 1. The fourth-order valence-electron chi connectivity index (χ4n) is 4.09. The Kier molecular flexibility index (Phi) is 6.17. The predicted octanol–water partition coefficient (Wildman–Crippen LogP) is 2.56. The number of aromatic nitrogens is 3. The molecular weight excluding hydrogens is 374 g/mol. The molecule has 0 spiro atoms. The Hall–Kier alpha value is -2.06. The third-order valence-corrected chi connectivity index (χ3v) is 6.58. The van der Waals surface area contributed by atoms with E-state index in [1.807, 2.05) is 17.5 Å². The van der Waals surface area contributed by atoms with Crippen molar-refractivity contribution in [3.05, 3.63) is 34.3 Å². The summed E-state index contributed by atoms with van der Waals surface area (Å²) in [4.78, 5) is 30.5. The van der Waals surface area contributed by atoms with Crippen molar-refractivity contribution in [2.75, 3.05) is 32.7 Å². The van der Waals surface area contributed by atoms with E-state index in [-0.39, 0.29) is 17.6 Å². The van der Waals surface area contributed by atoms with Crippen molar-refractivity contribution in [3.8, 4) is 0 Å². The van der Waals surface area contributed by atoms with Gasteiger partial charge in [-0.3, -0.25) is 14.3 Å². The molecule has 2 aliphatic heterocycles. The molecule has 28 heavy (non-hydrogen) atoms. The Balaban J connectivity index is 1.33. The minimum absolute atomic E-state index is 0.118. The first-order valence-corrected chi connectivity index (χ1v) is 11.1. The Labute approximate surface area is 169 Å². The highest BCUT2D eigenvalue weighted by molar-refractivity contribution is 7.12. The van der Waals surface area contributed by atoms with E-state index in [9.17, 15) is 9.59 Å². The van der Waals surface area contributed by atoms with Gasteiger partial charge in [-0.1, -0.05) is 17.7 Å². The molecule has 150 valence electrons. The molecule has 2 aliphatic rings. The summed E-state index contributed by atoms with van der Waals surface area (Å²) < 4.78 is 1.76. The number of piperidine rings is 2. The van der Waals surface area contributed by atoms with Crippen molar-refractivity contribution < 1.29 is 9.59 Å². The van der Waals surface area contributed by atoms with Crippen LogP contribution in [-0.2, 0) is 6.54 Å². The van der Waals surface area contributed by atoms with Gasteiger partial charge in [-0.2, -0.15) is 0 Å². The number of Topliss-reactive ketones (excluding diaryl/α,β-unsaturated/α-hetero) is 1. The van der Waals surface area contributed by atoms with E-state index in [0.29, 0.717) is 18.8 Å². The number of hydrogen-bond donors (Lipinski definition) is 0. The maximum absolute atomic E-state index is 12.9. The van der Waals surface area contributed by atoms with Crippen LogP contribution in [0.3, 0.4) is 0 Å². The standard InChI is InChI=1S/C20H27N5O2S/c26-19(18-7-5-13-28-18)16-6-4-10-24(14-16)20(27)17-15-25(22-21-17)12-11-23-8-2-1-3-9-23/h5,7,13,15-16H,1-4,6,8-12,14H2/t16-/m1/s1. The number of carbonyl (C=O) groups excluding carboxylic acids is 2. The third-order valence-electron chi connectivity index (χ3n) is 5.70. The molecular formula is C20H27N5O2S. The largest absolute Gasteiger partial charge is 0.336 e. The van der Waals surface area contributed by atoms with Crippen LogP contribution in [-0.4, -0.2) is 69.2 Å². The highest BCUT2D eigenvalue weighted by atomic mass is 32.1. The van der Waals surface area contributed by atoms with E-state index in [2.05, 4.69) is 15.2 Å². The molecule has 1 amide bonds. The molecule has 4 heterocycles. The van der Waals surface area contributed by atoms with Crippen LogP contribution in [0.4, 0.5) is 0 Å². The van der Waals surface area contributed by atoms with Crippen molar-refractivity contribution in [3.63, 3.8) is 0 Å². The topological polar surface area (TPSA) is 71.3 Å². The van der Waals surface area contributed by atoms with E-state index in [4.69, 9.17) is 0 Å². The summed E-state index contributed by atoms with van der Waals surface area (Å²) in [6.07, 6.45) is 7.28. The van der Waals surface area contributed by atoms with Gasteiger partial charge in [0, 0.05) is 25.6 Å². The van der Waals surface area contributed by atoms with E-state index < -0.39 is 0 Å². The third kappa shape index (κ3) is 4.50. The molecule has 4 rings (SSSR count). The molecule has 0 aliphatic carbocycles. The van der Waals surface area contributed by atoms with E-state index in [1.165, 1.54) is 30.6 Å². The van der Waals surface area contributed by atoms with Crippen LogP contribution < -0.4 is 0 Å². The lowest BCUT2D eigenvalue weighted by Gasteiger charge is -2.31. The number of carbonyl (C=O) groups is 2. The van der Waals surface area contributed by atoms with Gasteiger partial charge in [0.15, 0.2) is 11.5 Å². The number of amides is 1. The molecule has 8 heteroatoms. The second kappa shape index (κ2) is 8.96. The number of likely N-dealkylation sites (tertiary alicyclic amines) is 2. The zero-order chi connectivity index (χ0) is 19.3. The maximum atomic E-state index is 12.9. The van der Waals surface area contributed by atoms with E-state index in [0.717, 1.165) is 43.9 Å². The summed E-state index contributed by atoms with van der Waals surface area (Å²) in [6, 6.07) is 3.76. The van der Waals surface area contributed by atoms with Crippen molar-refractivity contribution in [2.45, 2.75) is 38.6 Å². The van der Waals surface area contributed by atoms with Crippen LogP contribution in [0.1, 0.15) is 52.3 Å². The van der Waals surface area contributed by atoms with Crippen molar-refractivity contribution >= 4 is 23.0 Å². The van der Waals surface area contributed by atoms with Crippen LogP contribution in [0.2, 0.25) is 0 Å². The first-order chi connectivity index (χ1) is 13.7. The smallest absolute Gasteiger partial charge is 0.276 e. The van der Waals surface area contributed by atoms with Crippen molar-refractivity contribution in [2.24, 2.45) is 5.92 Å². The second-order valence-corrected chi connectivity index (χ2v) is 8.65. The van der Waals surface area contributed by atoms with Crippen LogP contribution in [0.5, 0.6) is 0 Å². The van der Waals surface area contributed by atoms with Gasteiger partial charge in [0.05, 0.1) is 17.6 Å². The minimum Gasteiger partial charge on any atom is -0.336 e. The fraction of sp³-hybridized carbons (Fsp3) is 0.600. The lowest BCUT2D eigenvalue weighted by molar-refractivity contribution is 0.0633. The first kappa shape index (κ1) is 19.3. The summed E-state index contributed by atoms with van der Waals surface area (Å²) in [5.41, 5.74) is 0.378. The van der Waals surface area contributed by atoms with E-state index >= 15 is 0 Å². The lowest BCUT2D eigenvalue weighted by Crippen LogP contribution is -2.42. The average Bonchev–Trinajstić information content (AvgIpc) is 3.44. The Morgan fingerprint density at radius 1 is 1.11 bits per heavy atom. The van der Waals surface area contributed by atoms with Gasteiger partial charge < -0.3 is 9.80 Å². The SMILES string of the molecule is O=C(c1cccs1)[C@@H]1CCCN(C(=O)c2cn(CCN3CCCCC3)nn2)C1. The number of nitrogens with zero attached hydrogens (tertiary/aromatic N) is 5. The molecule has 0 unspecified atom stereocenters. The van der Waals surface area contributed by atoms with Gasteiger partial charge in [-0.15, -0.1) is 16.4 Å². The van der Waals surface area contributed by atoms with Crippen LogP contribution in [0, 0.1) is 5.92 Å². The number of hydrogen-bond acceptors (Lipinski definition) is 6. The number of thiophene rings is 1. The lowest BCUT2D eigenvalue weighted by atomic mass is 9.93. The molecule has 2 saturated heterocycles. The summed E-state index contributed by atoms with van der Waals surface area (Å²) in [5, 5.41) is 10.2. The minimum atomic E-state index is -0.120. The quantitative estimate of drug-likeness (QED) is 0.696. The van der Waals surface area contributed by atoms with Gasteiger partial charge >= 0.3 is 0 Å². The summed E-state index contributed by atoms with van der Waals surface area (Å²) >= 11 is 1.47. The Morgan fingerprint density at radius 3 is 2.75 bits per heavy atom. The second-order valence-electron chi connectivity index (χ2n) is 7.70. The number of rotatable bonds is 6. The average molecular weight is 402 g/mol. The zero-order valence-electron chi connectivity index (χ0n) is 16.1. The fourth-order valence-corrected chi connectivity index (χ4v) is 4.83. The van der Waals surface area contributed by atoms with Gasteiger partial charge in [0.2, 0.25) is 0 Å². The van der Waals surface area contributed by atoms with Gasteiger partial charge in [-0.25, -0.2) is 0 Å².